The number of nitrogens with one attached hydrogen (secondary N) is 2. The van der Waals surface area contributed by atoms with Crippen LogP contribution in [0.2, 0.25) is 0 Å². The number of anilines is 2. The molecular weight excluding hydrogens is 370 g/mol. The minimum absolute atomic E-state index is 0.111. The highest BCUT2D eigenvalue weighted by atomic mass is 16.5. The van der Waals surface area contributed by atoms with Crippen LogP contribution >= 0.6 is 0 Å². The summed E-state index contributed by atoms with van der Waals surface area (Å²) >= 11 is 0. The van der Waals surface area contributed by atoms with Crippen molar-refractivity contribution in [3.8, 4) is 5.75 Å². The summed E-state index contributed by atoms with van der Waals surface area (Å²) in [6.45, 7) is 4.54. The smallest absolute Gasteiger partial charge is 0.227 e. The van der Waals surface area contributed by atoms with Crippen molar-refractivity contribution in [1.29, 1.82) is 0 Å². The lowest BCUT2D eigenvalue weighted by atomic mass is 10.1. The lowest BCUT2D eigenvalue weighted by Crippen LogP contribution is -2.32. The van der Waals surface area contributed by atoms with Gasteiger partial charge in [0.1, 0.15) is 5.75 Å². The van der Waals surface area contributed by atoms with Crippen LogP contribution in [0.15, 0.2) is 48.5 Å². The molecule has 7 heteroatoms. The van der Waals surface area contributed by atoms with Gasteiger partial charge in [-0.2, -0.15) is 0 Å². The van der Waals surface area contributed by atoms with Crippen LogP contribution in [-0.2, 0) is 20.9 Å². The van der Waals surface area contributed by atoms with Gasteiger partial charge in [0.25, 0.3) is 0 Å². The lowest BCUT2D eigenvalue weighted by Gasteiger charge is -2.18. The van der Waals surface area contributed by atoms with Gasteiger partial charge in [0.15, 0.2) is 0 Å². The summed E-state index contributed by atoms with van der Waals surface area (Å²) in [4.78, 5) is 37.9. The Kier molecular flexibility index (Phi) is 6.49. The first-order chi connectivity index (χ1) is 14.0. The Balaban J connectivity index is 1.63. The highest BCUT2D eigenvalue weighted by molar-refractivity contribution is 6.01. The van der Waals surface area contributed by atoms with Crippen molar-refractivity contribution in [2.75, 3.05) is 23.4 Å². The molecule has 1 atom stereocenters. The number of carbonyl (C=O) groups excluding carboxylic acids is 3. The number of amides is 3. The monoisotopic (exact) mass is 395 g/mol. The molecule has 0 aromatic heterocycles. The highest BCUT2D eigenvalue weighted by Gasteiger charge is 2.35. The maximum Gasteiger partial charge on any atom is 0.227 e. The van der Waals surface area contributed by atoms with E-state index in [4.69, 9.17) is 4.74 Å². The van der Waals surface area contributed by atoms with Gasteiger partial charge in [0.05, 0.1) is 12.5 Å². The van der Waals surface area contributed by atoms with Crippen LogP contribution in [-0.4, -0.2) is 30.9 Å². The Hall–Kier alpha value is -3.35. The average Bonchev–Trinajstić information content (AvgIpc) is 3.09. The molecule has 0 bridgehead atoms. The predicted molar refractivity (Wildman–Crippen MR) is 111 cm³/mol. The van der Waals surface area contributed by atoms with Gasteiger partial charge >= 0.3 is 0 Å². The summed E-state index contributed by atoms with van der Waals surface area (Å²) < 4.78 is 5.58. The molecule has 0 unspecified atom stereocenters. The summed E-state index contributed by atoms with van der Waals surface area (Å²) in [7, 11) is 0. The number of benzene rings is 2. The number of para-hydroxylation sites is 1. The fourth-order valence-corrected chi connectivity index (χ4v) is 3.36. The SMILES string of the molecule is CCOc1ccccc1CNC(=O)[C@H]1CC(=O)N(c2cccc(NC(C)=O)c2)C1. The molecule has 152 valence electrons. The maximum atomic E-state index is 12.6. The van der Waals surface area contributed by atoms with Crippen molar-refractivity contribution in [2.45, 2.75) is 26.8 Å². The van der Waals surface area contributed by atoms with E-state index in [1.807, 2.05) is 31.2 Å². The topological polar surface area (TPSA) is 87.7 Å². The first-order valence-electron chi connectivity index (χ1n) is 9.64. The minimum Gasteiger partial charge on any atom is -0.494 e. The first kappa shape index (κ1) is 20.4. The van der Waals surface area contributed by atoms with Crippen LogP contribution < -0.4 is 20.3 Å². The largest absolute Gasteiger partial charge is 0.494 e. The van der Waals surface area contributed by atoms with E-state index in [0.717, 1.165) is 11.3 Å². The standard InChI is InChI=1S/C22H25N3O4/c1-3-29-20-10-5-4-7-16(20)13-23-22(28)17-11-21(27)25(14-17)19-9-6-8-18(12-19)24-15(2)26/h4-10,12,17H,3,11,13-14H2,1-2H3,(H,23,28)(H,24,26)/t17-/m0/s1. The van der Waals surface area contributed by atoms with Gasteiger partial charge in [-0.1, -0.05) is 24.3 Å². The number of ether oxygens (including phenoxy) is 1. The zero-order valence-electron chi connectivity index (χ0n) is 16.6. The number of hydrogen-bond acceptors (Lipinski definition) is 4. The number of carbonyl (C=O) groups is 3. The van der Waals surface area contributed by atoms with Crippen molar-refractivity contribution < 1.29 is 19.1 Å². The van der Waals surface area contributed by atoms with Gasteiger partial charge in [-0.15, -0.1) is 0 Å². The van der Waals surface area contributed by atoms with Crippen LogP contribution in [0, 0.1) is 5.92 Å². The second kappa shape index (κ2) is 9.23. The summed E-state index contributed by atoms with van der Waals surface area (Å²) in [5, 5.41) is 5.62. The summed E-state index contributed by atoms with van der Waals surface area (Å²) in [5.41, 5.74) is 2.17. The molecule has 2 aromatic carbocycles. The highest BCUT2D eigenvalue weighted by Crippen LogP contribution is 2.27. The fraction of sp³-hybridized carbons (Fsp3) is 0.318. The summed E-state index contributed by atoms with van der Waals surface area (Å²) in [6.07, 6.45) is 0.156. The molecular formula is C22H25N3O4. The van der Waals surface area contributed by atoms with Gasteiger partial charge in [-0.3, -0.25) is 14.4 Å². The molecule has 0 radical (unpaired) electrons. The van der Waals surface area contributed by atoms with E-state index in [-0.39, 0.29) is 24.1 Å². The molecule has 2 N–H and O–H groups in total. The molecule has 3 rings (SSSR count). The molecule has 1 fully saturated rings. The van der Waals surface area contributed by atoms with Crippen LogP contribution in [0.5, 0.6) is 5.75 Å². The molecule has 29 heavy (non-hydrogen) atoms. The van der Waals surface area contributed by atoms with E-state index >= 15 is 0 Å². The second-order valence-electron chi connectivity index (χ2n) is 6.90. The number of nitrogens with zero attached hydrogens (tertiary/aromatic N) is 1. The van der Waals surface area contributed by atoms with Crippen LogP contribution in [0.25, 0.3) is 0 Å². The zero-order valence-corrected chi connectivity index (χ0v) is 16.6. The molecule has 0 spiro atoms. The molecule has 1 aliphatic heterocycles. The van der Waals surface area contributed by atoms with E-state index in [1.54, 1.807) is 29.2 Å². The summed E-state index contributed by atoms with van der Waals surface area (Å²) in [5.74, 6) is -0.134. The quantitative estimate of drug-likeness (QED) is 0.755. The molecule has 2 aromatic rings. The molecule has 0 saturated carbocycles. The molecule has 3 amide bonds. The van der Waals surface area contributed by atoms with Gasteiger partial charge in [-0.05, 0) is 31.2 Å². The predicted octanol–water partition coefficient (Wildman–Crippen LogP) is 2.71. The summed E-state index contributed by atoms with van der Waals surface area (Å²) in [6, 6.07) is 14.6. The second-order valence-corrected chi connectivity index (χ2v) is 6.90. The van der Waals surface area contributed by atoms with E-state index in [0.29, 0.717) is 31.1 Å². The van der Waals surface area contributed by atoms with E-state index in [2.05, 4.69) is 10.6 Å². The van der Waals surface area contributed by atoms with E-state index in [9.17, 15) is 14.4 Å². The van der Waals surface area contributed by atoms with Crippen molar-refractivity contribution in [1.82, 2.24) is 5.32 Å². The lowest BCUT2D eigenvalue weighted by molar-refractivity contribution is -0.126. The van der Waals surface area contributed by atoms with E-state index < -0.39 is 5.92 Å². The van der Waals surface area contributed by atoms with Gasteiger partial charge < -0.3 is 20.3 Å². The van der Waals surface area contributed by atoms with Gasteiger partial charge in [-0.25, -0.2) is 0 Å². The number of rotatable bonds is 7. The van der Waals surface area contributed by atoms with Crippen molar-refractivity contribution >= 4 is 29.1 Å². The third-order valence-corrected chi connectivity index (χ3v) is 4.70. The van der Waals surface area contributed by atoms with Crippen LogP contribution in [0.3, 0.4) is 0 Å². The van der Waals surface area contributed by atoms with E-state index in [1.165, 1.54) is 6.92 Å². The van der Waals surface area contributed by atoms with Crippen LogP contribution in [0.4, 0.5) is 11.4 Å². The van der Waals surface area contributed by atoms with Crippen molar-refractivity contribution in [3.63, 3.8) is 0 Å². The molecule has 7 nitrogen and oxygen atoms in total. The number of hydrogen-bond donors (Lipinski definition) is 2. The van der Waals surface area contributed by atoms with Gasteiger partial charge in [0, 0.05) is 43.4 Å². The normalized spacial score (nSPS) is 15.9. The molecule has 1 saturated heterocycles. The third-order valence-electron chi connectivity index (χ3n) is 4.70. The van der Waals surface area contributed by atoms with Crippen molar-refractivity contribution in [2.24, 2.45) is 5.92 Å². The molecule has 1 heterocycles. The third kappa shape index (κ3) is 5.13. The Bertz CT molecular complexity index is 912. The van der Waals surface area contributed by atoms with Crippen LogP contribution in [0.1, 0.15) is 25.8 Å². The Labute approximate surface area is 170 Å². The zero-order chi connectivity index (χ0) is 20.8. The average molecular weight is 395 g/mol. The minimum atomic E-state index is -0.425. The maximum absolute atomic E-state index is 12.6. The molecule has 1 aliphatic rings. The Morgan fingerprint density at radius 1 is 1.17 bits per heavy atom. The van der Waals surface area contributed by atoms with Crippen molar-refractivity contribution in [3.05, 3.63) is 54.1 Å². The van der Waals surface area contributed by atoms with Gasteiger partial charge in [0.2, 0.25) is 17.7 Å². The Morgan fingerprint density at radius 2 is 1.97 bits per heavy atom. The first-order valence-corrected chi connectivity index (χ1v) is 9.64. The molecule has 0 aliphatic carbocycles. The Morgan fingerprint density at radius 3 is 2.72 bits per heavy atom. The fourth-order valence-electron chi connectivity index (χ4n) is 3.36.